The molecule has 2 rings (SSSR count). The second-order valence-corrected chi connectivity index (χ2v) is 6.35. The fraction of sp³-hybridized carbons (Fsp3) is 0.500. The highest BCUT2D eigenvalue weighted by Gasteiger charge is 2.45. The zero-order valence-corrected chi connectivity index (χ0v) is 11.4. The van der Waals surface area contributed by atoms with Gasteiger partial charge in [0.05, 0.1) is 12.4 Å². The summed E-state index contributed by atoms with van der Waals surface area (Å²) in [5.41, 5.74) is 0.969. The van der Waals surface area contributed by atoms with E-state index in [9.17, 15) is 13.2 Å². The van der Waals surface area contributed by atoms with E-state index in [1.165, 1.54) is 7.11 Å². The van der Waals surface area contributed by atoms with Gasteiger partial charge in [0.15, 0.2) is 0 Å². The molecule has 1 aromatic heterocycles. The van der Waals surface area contributed by atoms with Crippen LogP contribution in [0.2, 0.25) is 0 Å². The second kappa shape index (κ2) is 5.66. The fourth-order valence-corrected chi connectivity index (χ4v) is 2.87. The number of carbonyl (C=O) groups is 1. The first-order valence-electron chi connectivity index (χ1n) is 5.96. The van der Waals surface area contributed by atoms with Gasteiger partial charge in [0, 0.05) is 25.4 Å². The average Bonchev–Trinajstić information content (AvgIpc) is 3.17. The smallest absolute Gasteiger partial charge is 0.237 e. The number of amides is 1. The first kappa shape index (κ1) is 14.0. The number of ether oxygens (including phenoxy) is 1. The van der Waals surface area contributed by atoms with Crippen molar-refractivity contribution in [1.29, 1.82) is 0 Å². The minimum absolute atomic E-state index is 0.0688. The Morgan fingerprint density at radius 1 is 1.58 bits per heavy atom. The zero-order valence-electron chi connectivity index (χ0n) is 10.6. The van der Waals surface area contributed by atoms with Crippen LogP contribution in [0.5, 0.6) is 0 Å². The molecule has 0 aliphatic heterocycles. The Morgan fingerprint density at radius 2 is 2.37 bits per heavy atom. The number of carbonyl (C=O) groups excluding carboxylic acids is 1. The van der Waals surface area contributed by atoms with Crippen LogP contribution in [-0.4, -0.2) is 38.8 Å². The van der Waals surface area contributed by atoms with Crippen LogP contribution < -0.4 is 4.72 Å². The van der Waals surface area contributed by atoms with Crippen molar-refractivity contribution in [2.24, 2.45) is 5.92 Å². The zero-order chi connectivity index (χ0) is 13.9. The molecule has 0 bridgehead atoms. The number of methoxy groups -OCH3 is 1. The second-order valence-electron chi connectivity index (χ2n) is 4.51. The summed E-state index contributed by atoms with van der Waals surface area (Å²) in [6.45, 7) is 0.0688. The lowest BCUT2D eigenvalue weighted by molar-refractivity contribution is -0.120. The van der Waals surface area contributed by atoms with Crippen LogP contribution in [0.3, 0.4) is 0 Å². The Morgan fingerprint density at radius 3 is 3.00 bits per heavy atom. The number of nitrogens with one attached hydrogen (secondary N) is 1. The Labute approximate surface area is 112 Å². The standard InChI is InChI=1S/C12H16N2O4S/c1-18-5-6-19(16,17)14-12(15)11-7-10(11)9-3-2-4-13-8-9/h2-4,8,10-11H,5-7H2,1H3,(H,14,15)/t10-,11-/m1/s1. The normalized spacial score (nSPS) is 21.9. The monoisotopic (exact) mass is 284 g/mol. The van der Waals surface area contributed by atoms with Crippen molar-refractivity contribution in [2.45, 2.75) is 12.3 Å². The van der Waals surface area contributed by atoms with Crippen LogP contribution in [0, 0.1) is 5.92 Å². The predicted octanol–water partition coefficient (Wildman–Crippen LogP) is 0.277. The first-order chi connectivity index (χ1) is 9.03. The molecule has 1 heterocycles. The minimum atomic E-state index is -3.59. The van der Waals surface area contributed by atoms with Gasteiger partial charge >= 0.3 is 0 Å². The molecule has 1 N–H and O–H groups in total. The number of hydrogen-bond donors (Lipinski definition) is 1. The van der Waals surface area contributed by atoms with Gasteiger partial charge in [-0.3, -0.25) is 14.5 Å². The number of sulfonamides is 1. The molecule has 1 fully saturated rings. The van der Waals surface area contributed by atoms with Gasteiger partial charge in [-0.2, -0.15) is 0 Å². The fourth-order valence-electron chi connectivity index (χ4n) is 1.92. The summed E-state index contributed by atoms with van der Waals surface area (Å²) in [6.07, 6.45) is 4.03. The van der Waals surface area contributed by atoms with Crippen molar-refractivity contribution in [3.05, 3.63) is 30.1 Å². The Balaban J connectivity index is 1.90. The molecule has 0 radical (unpaired) electrons. The van der Waals surface area contributed by atoms with E-state index in [1.807, 2.05) is 6.07 Å². The third-order valence-electron chi connectivity index (χ3n) is 3.05. The number of nitrogens with zero attached hydrogens (tertiary/aromatic N) is 1. The van der Waals surface area contributed by atoms with E-state index in [0.29, 0.717) is 6.42 Å². The molecule has 0 aromatic carbocycles. The van der Waals surface area contributed by atoms with Crippen molar-refractivity contribution >= 4 is 15.9 Å². The molecule has 104 valence electrons. The molecule has 6 nitrogen and oxygen atoms in total. The Hall–Kier alpha value is -1.47. The maximum absolute atomic E-state index is 11.8. The van der Waals surface area contributed by atoms with Gasteiger partial charge in [0.2, 0.25) is 15.9 Å². The maximum atomic E-state index is 11.8. The van der Waals surface area contributed by atoms with Crippen LogP contribution >= 0.6 is 0 Å². The molecule has 1 aliphatic carbocycles. The summed E-state index contributed by atoms with van der Waals surface area (Å²) in [6, 6.07) is 3.70. The molecular formula is C12H16N2O4S. The third-order valence-corrected chi connectivity index (χ3v) is 4.27. The summed E-state index contributed by atoms with van der Waals surface area (Å²) < 4.78 is 29.9. The van der Waals surface area contributed by atoms with Gasteiger partial charge < -0.3 is 4.74 Å². The molecule has 0 saturated heterocycles. The van der Waals surface area contributed by atoms with E-state index in [2.05, 4.69) is 14.4 Å². The van der Waals surface area contributed by atoms with Gasteiger partial charge in [-0.15, -0.1) is 0 Å². The van der Waals surface area contributed by atoms with Crippen molar-refractivity contribution < 1.29 is 17.9 Å². The van der Waals surface area contributed by atoms with Crippen LogP contribution in [-0.2, 0) is 19.6 Å². The lowest BCUT2D eigenvalue weighted by Gasteiger charge is -2.06. The first-order valence-corrected chi connectivity index (χ1v) is 7.62. The van der Waals surface area contributed by atoms with E-state index in [0.717, 1.165) is 5.56 Å². The summed E-state index contributed by atoms with van der Waals surface area (Å²) in [7, 11) is -2.18. The molecule has 0 unspecified atom stereocenters. The molecule has 1 aromatic rings. The predicted molar refractivity (Wildman–Crippen MR) is 68.9 cm³/mol. The maximum Gasteiger partial charge on any atom is 0.237 e. The highest BCUT2D eigenvalue weighted by Crippen LogP contribution is 2.47. The molecule has 1 aliphatic rings. The summed E-state index contributed by atoms with van der Waals surface area (Å²) in [5, 5.41) is 0. The highest BCUT2D eigenvalue weighted by atomic mass is 32.2. The van der Waals surface area contributed by atoms with E-state index < -0.39 is 15.9 Å². The lowest BCUT2D eigenvalue weighted by atomic mass is 10.1. The molecule has 1 amide bonds. The van der Waals surface area contributed by atoms with E-state index in [4.69, 9.17) is 0 Å². The Bertz CT molecular complexity index is 544. The van der Waals surface area contributed by atoms with Gasteiger partial charge in [-0.05, 0) is 24.0 Å². The molecule has 7 heteroatoms. The van der Waals surface area contributed by atoms with Crippen molar-refractivity contribution in [2.75, 3.05) is 19.5 Å². The molecule has 0 spiro atoms. The van der Waals surface area contributed by atoms with E-state index in [1.54, 1.807) is 18.5 Å². The van der Waals surface area contributed by atoms with Gasteiger partial charge in [0.25, 0.3) is 0 Å². The number of hydrogen-bond acceptors (Lipinski definition) is 5. The summed E-state index contributed by atoms with van der Waals surface area (Å²) >= 11 is 0. The van der Waals surface area contributed by atoms with Crippen molar-refractivity contribution in [3.63, 3.8) is 0 Å². The number of aromatic nitrogens is 1. The van der Waals surface area contributed by atoms with Crippen molar-refractivity contribution in [1.82, 2.24) is 9.71 Å². The molecule has 1 saturated carbocycles. The van der Waals surface area contributed by atoms with Crippen LogP contribution in [0.25, 0.3) is 0 Å². The third kappa shape index (κ3) is 3.74. The average molecular weight is 284 g/mol. The largest absolute Gasteiger partial charge is 0.384 e. The van der Waals surface area contributed by atoms with Crippen molar-refractivity contribution in [3.8, 4) is 0 Å². The van der Waals surface area contributed by atoms with Gasteiger partial charge in [-0.25, -0.2) is 8.42 Å². The lowest BCUT2D eigenvalue weighted by Crippen LogP contribution is -2.35. The summed E-state index contributed by atoms with van der Waals surface area (Å²) in [5.74, 6) is -0.850. The highest BCUT2D eigenvalue weighted by molar-refractivity contribution is 7.90. The van der Waals surface area contributed by atoms with Crippen LogP contribution in [0.1, 0.15) is 17.9 Å². The minimum Gasteiger partial charge on any atom is -0.384 e. The molecule has 2 atom stereocenters. The quantitative estimate of drug-likeness (QED) is 0.811. The Kier molecular flexibility index (Phi) is 4.16. The number of rotatable bonds is 6. The van der Waals surface area contributed by atoms with E-state index in [-0.39, 0.29) is 24.2 Å². The SMILES string of the molecule is COCCS(=O)(=O)NC(=O)[C@@H]1C[C@@H]1c1cccnc1. The molecule has 19 heavy (non-hydrogen) atoms. The van der Waals surface area contributed by atoms with Crippen LogP contribution in [0.4, 0.5) is 0 Å². The van der Waals surface area contributed by atoms with E-state index >= 15 is 0 Å². The van der Waals surface area contributed by atoms with Gasteiger partial charge in [0.1, 0.15) is 0 Å². The number of pyridine rings is 1. The van der Waals surface area contributed by atoms with Gasteiger partial charge in [-0.1, -0.05) is 6.07 Å². The topological polar surface area (TPSA) is 85.4 Å². The molecular weight excluding hydrogens is 268 g/mol. The van der Waals surface area contributed by atoms with Crippen LogP contribution in [0.15, 0.2) is 24.5 Å². The summed E-state index contributed by atoms with van der Waals surface area (Å²) in [4.78, 5) is 15.8.